The number of fused-ring (bicyclic) bond motifs is 1. The number of allylic oxidation sites excluding steroid dienone is 4. The van der Waals surface area contributed by atoms with Gasteiger partial charge in [0.1, 0.15) is 37.1 Å². The van der Waals surface area contributed by atoms with Crippen LogP contribution in [0.4, 0.5) is 0 Å². The lowest BCUT2D eigenvalue weighted by molar-refractivity contribution is 0.231. The van der Waals surface area contributed by atoms with Gasteiger partial charge >= 0.3 is 0 Å². The lowest BCUT2D eigenvalue weighted by Gasteiger charge is -2.33. The fourth-order valence-corrected chi connectivity index (χ4v) is 4.69. The van der Waals surface area contributed by atoms with Crippen molar-refractivity contribution in [1.29, 1.82) is 0 Å². The monoisotopic (exact) mass is 448 g/mol. The Morgan fingerprint density at radius 3 is 1.74 bits per heavy atom. The highest BCUT2D eigenvalue weighted by Crippen LogP contribution is 2.55. The van der Waals surface area contributed by atoms with Crippen molar-refractivity contribution in [3.63, 3.8) is 0 Å². The van der Waals surface area contributed by atoms with E-state index in [1.54, 1.807) is 0 Å². The summed E-state index contributed by atoms with van der Waals surface area (Å²) in [5.41, 5.74) is 3.59. The van der Waals surface area contributed by atoms with Crippen LogP contribution < -0.4 is 9.47 Å². The molecule has 2 atom stereocenters. The van der Waals surface area contributed by atoms with Crippen molar-refractivity contribution in [2.45, 2.75) is 25.2 Å². The highest BCUT2D eigenvalue weighted by Gasteiger charge is 2.47. The second-order valence-corrected chi connectivity index (χ2v) is 8.80. The van der Waals surface area contributed by atoms with Gasteiger partial charge in [0.2, 0.25) is 0 Å². The molecule has 0 heterocycles. The molecule has 34 heavy (non-hydrogen) atoms. The minimum absolute atomic E-state index is 0.251. The zero-order valence-electron chi connectivity index (χ0n) is 19.4. The highest BCUT2D eigenvalue weighted by molar-refractivity contribution is 5.46. The number of hydrogen-bond acceptors (Lipinski definition) is 3. The Balaban J connectivity index is 1.64. The fraction of sp³-hybridized carbons (Fsp3) is 0.290. The molecule has 0 amide bonds. The molecule has 1 saturated carbocycles. The molecule has 3 heteroatoms. The summed E-state index contributed by atoms with van der Waals surface area (Å²) in [6.07, 6.45) is 22.3. The molecular formula is C31H28O3. The van der Waals surface area contributed by atoms with E-state index in [1.165, 1.54) is 16.7 Å². The highest BCUT2D eigenvalue weighted by atomic mass is 16.5. The largest absolute Gasteiger partial charge is 0.485 e. The molecule has 0 aliphatic heterocycles. The van der Waals surface area contributed by atoms with Crippen molar-refractivity contribution in [2.24, 2.45) is 11.8 Å². The molecule has 170 valence electrons. The Morgan fingerprint density at radius 1 is 0.735 bits per heavy atom. The predicted molar refractivity (Wildman–Crippen MR) is 135 cm³/mol. The molecule has 3 nitrogen and oxygen atoms in total. The minimum Gasteiger partial charge on any atom is -0.485 e. The maximum atomic E-state index is 5.75. The molecule has 0 radical (unpaired) electrons. The molecule has 4 rings (SSSR count). The average molecular weight is 449 g/mol. The average Bonchev–Trinajstić information content (AvgIpc) is 3.68. The minimum atomic E-state index is -0.251. The summed E-state index contributed by atoms with van der Waals surface area (Å²) in [6.45, 7) is 3.11. The predicted octanol–water partition coefficient (Wildman–Crippen LogP) is 5.52. The Bertz CT molecular complexity index is 1130. The van der Waals surface area contributed by atoms with Gasteiger partial charge in [-0.15, -0.1) is 19.3 Å². The molecule has 2 aromatic rings. The van der Waals surface area contributed by atoms with Crippen molar-refractivity contribution in [3.8, 4) is 48.5 Å². The lowest BCUT2D eigenvalue weighted by Crippen LogP contribution is -2.25. The van der Waals surface area contributed by atoms with Crippen LogP contribution >= 0.6 is 0 Å². The van der Waals surface area contributed by atoms with Gasteiger partial charge in [-0.05, 0) is 60.2 Å². The van der Waals surface area contributed by atoms with Crippen LogP contribution in [0, 0.1) is 48.9 Å². The van der Waals surface area contributed by atoms with E-state index in [2.05, 4.69) is 61.1 Å². The first-order valence-corrected chi connectivity index (χ1v) is 11.4. The van der Waals surface area contributed by atoms with Crippen LogP contribution in [0.1, 0.15) is 30.9 Å². The summed E-state index contributed by atoms with van der Waals surface area (Å²) in [4.78, 5) is 0. The Labute approximate surface area is 202 Å². The molecule has 0 aromatic heterocycles. The molecule has 1 fully saturated rings. The zero-order chi connectivity index (χ0) is 24.0. The van der Waals surface area contributed by atoms with Gasteiger partial charge in [0.05, 0.1) is 0 Å². The third-order valence-corrected chi connectivity index (χ3v) is 6.60. The van der Waals surface area contributed by atoms with E-state index >= 15 is 0 Å². The summed E-state index contributed by atoms with van der Waals surface area (Å²) >= 11 is 0. The van der Waals surface area contributed by atoms with Crippen molar-refractivity contribution < 1.29 is 14.2 Å². The van der Waals surface area contributed by atoms with Crippen LogP contribution in [0.15, 0.2) is 72.0 Å². The summed E-state index contributed by atoms with van der Waals surface area (Å²) in [7, 11) is 0. The number of ether oxygens (including phenoxy) is 3. The van der Waals surface area contributed by atoms with Crippen molar-refractivity contribution in [2.75, 3.05) is 19.8 Å². The first-order chi connectivity index (χ1) is 16.6. The van der Waals surface area contributed by atoms with Gasteiger partial charge in [0.25, 0.3) is 0 Å². The van der Waals surface area contributed by atoms with Gasteiger partial charge in [0, 0.05) is 11.3 Å². The van der Waals surface area contributed by atoms with Crippen LogP contribution in [0.5, 0.6) is 11.5 Å². The summed E-state index contributed by atoms with van der Waals surface area (Å²) in [5, 5.41) is 0. The Morgan fingerprint density at radius 2 is 1.24 bits per heavy atom. The Kier molecular flexibility index (Phi) is 7.01. The lowest BCUT2D eigenvalue weighted by atomic mass is 9.71. The normalized spacial score (nSPS) is 18.2. The smallest absolute Gasteiger partial charge is 0.148 e. The van der Waals surface area contributed by atoms with Crippen molar-refractivity contribution in [1.82, 2.24) is 0 Å². The number of terminal acetylenes is 3. The van der Waals surface area contributed by atoms with Crippen molar-refractivity contribution in [3.05, 3.63) is 83.1 Å². The summed E-state index contributed by atoms with van der Waals surface area (Å²) < 4.78 is 16.9. The second kappa shape index (κ2) is 10.3. The molecule has 2 unspecified atom stereocenters. The molecular weight excluding hydrogens is 420 g/mol. The summed E-state index contributed by atoms with van der Waals surface area (Å²) in [5.74, 6) is 11.1. The molecule has 2 aliphatic carbocycles. The topological polar surface area (TPSA) is 27.7 Å². The maximum absolute atomic E-state index is 5.75. The number of hydrogen-bond donors (Lipinski definition) is 0. The molecule has 2 aliphatic rings. The molecule has 2 aromatic carbocycles. The third-order valence-electron chi connectivity index (χ3n) is 6.60. The van der Waals surface area contributed by atoms with Gasteiger partial charge in [-0.3, -0.25) is 0 Å². The summed E-state index contributed by atoms with van der Waals surface area (Å²) in [6, 6.07) is 16.4. The van der Waals surface area contributed by atoms with E-state index in [1.807, 2.05) is 24.3 Å². The maximum Gasteiger partial charge on any atom is 0.148 e. The van der Waals surface area contributed by atoms with E-state index in [0.717, 1.165) is 30.1 Å². The van der Waals surface area contributed by atoms with Crippen LogP contribution in [0.25, 0.3) is 0 Å². The SMILES string of the molecule is C#CCOC1=CC=C(CC(C)(c2ccc(OCC#C)cc2)c2ccc(OCC#C)cc2)C2CC12. The molecule has 0 bridgehead atoms. The van der Waals surface area contributed by atoms with Gasteiger partial charge in [0.15, 0.2) is 0 Å². The van der Waals surface area contributed by atoms with Gasteiger partial charge < -0.3 is 14.2 Å². The van der Waals surface area contributed by atoms with Crippen LogP contribution in [-0.2, 0) is 10.2 Å². The van der Waals surface area contributed by atoms with Crippen molar-refractivity contribution >= 4 is 0 Å². The van der Waals surface area contributed by atoms with Crippen LogP contribution in [-0.4, -0.2) is 19.8 Å². The van der Waals surface area contributed by atoms with Gasteiger partial charge in [-0.2, -0.15) is 0 Å². The van der Waals surface area contributed by atoms with E-state index in [-0.39, 0.29) is 18.6 Å². The first kappa shape index (κ1) is 23.2. The van der Waals surface area contributed by atoms with E-state index in [4.69, 9.17) is 33.5 Å². The fourth-order valence-electron chi connectivity index (χ4n) is 4.69. The molecule has 0 spiro atoms. The standard InChI is InChI=1S/C31H28O3/c1-5-18-32-26-13-9-24(10-14-26)31(4,25-11-15-27(16-12-25)33-19-6-2)22-23-8-17-30(34-20-7-3)29-21-28(23)29/h1-3,8-17,28-29H,18-22H2,4H3. The third kappa shape index (κ3) is 4.98. The number of rotatable bonds is 10. The molecule has 0 saturated heterocycles. The quantitative estimate of drug-likeness (QED) is 0.448. The van der Waals surface area contributed by atoms with E-state index in [0.29, 0.717) is 18.4 Å². The first-order valence-electron chi connectivity index (χ1n) is 11.4. The molecule has 0 N–H and O–H groups in total. The Hall–Kier alpha value is -4.00. The second-order valence-electron chi connectivity index (χ2n) is 8.80. The zero-order valence-corrected chi connectivity index (χ0v) is 19.4. The van der Waals surface area contributed by atoms with Gasteiger partial charge in [-0.1, -0.05) is 60.6 Å². The van der Waals surface area contributed by atoms with E-state index in [9.17, 15) is 0 Å². The van der Waals surface area contributed by atoms with Crippen LogP contribution in [0.2, 0.25) is 0 Å². The van der Waals surface area contributed by atoms with E-state index < -0.39 is 0 Å². The van der Waals surface area contributed by atoms with Gasteiger partial charge in [-0.25, -0.2) is 0 Å². The van der Waals surface area contributed by atoms with Crippen LogP contribution in [0.3, 0.4) is 0 Å². The number of benzene rings is 2.